The van der Waals surface area contributed by atoms with E-state index in [0.29, 0.717) is 6.04 Å². The first-order chi connectivity index (χ1) is 7.20. The van der Waals surface area contributed by atoms with Gasteiger partial charge in [0, 0.05) is 29.1 Å². The third kappa shape index (κ3) is 5.45. The summed E-state index contributed by atoms with van der Waals surface area (Å²) in [5, 5.41) is 4.27. The lowest BCUT2D eigenvalue weighted by atomic mass is 10.2. The highest BCUT2D eigenvalue weighted by atomic mass is 35.5. The molecule has 1 rings (SSSR count). The summed E-state index contributed by atoms with van der Waals surface area (Å²) in [7, 11) is 0. The van der Waals surface area contributed by atoms with Gasteiger partial charge in [-0.25, -0.2) is 0 Å². The molecule has 1 aromatic rings. The van der Waals surface area contributed by atoms with Crippen molar-refractivity contribution in [3.05, 3.63) is 34.9 Å². The second-order valence-electron chi connectivity index (χ2n) is 3.75. The van der Waals surface area contributed by atoms with Crippen LogP contribution in [0.25, 0.3) is 0 Å². The molecule has 1 aromatic carbocycles. The van der Waals surface area contributed by atoms with Gasteiger partial charge in [0.25, 0.3) is 0 Å². The zero-order valence-corrected chi connectivity index (χ0v) is 10.9. The van der Waals surface area contributed by atoms with Gasteiger partial charge >= 0.3 is 0 Å². The number of hydrogen-bond donors (Lipinski definition) is 1. The van der Waals surface area contributed by atoms with E-state index in [4.69, 9.17) is 11.6 Å². The van der Waals surface area contributed by atoms with Crippen LogP contribution in [-0.2, 0) is 5.75 Å². The molecule has 0 bridgehead atoms. The van der Waals surface area contributed by atoms with E-state index in [9.17, 15) is 0 Å². The highest BCUT2D eigenvalue weighted by Gasteiger charge is 1.98. The predicted octanol–water partition coefficient (Wildman–Crippen LogP) is 3.57. The molecule has 0 fully saturated rings. The normalized spacial score (nSPS) is 10.9. The monoisotopic (exact) mass is 243 g/mol. The van der Waals surface area contributed by atoms with Crippen LogP contribution in [0.4, 0.5) is 0 Å². The molecule has 84 valence electrons. The van der Waals surface area contributed by atoms with Crippen LogP contribution in [-0.4, -0.2) is 18.3 Å². The zero-order chi connectivity index (χ0) is 11.1. The topological polar surface area (TPSA) is 12.0 Å². The van der Waals surface area contributed by atoms with Crippen LogP contribution in [0.1, 0.15) is 19.4 Å². The van der Waals surface area contributed by atoms with Crippen molar-refractivity contribution in [2.45, 2.75) is 25.6 Å². The van der Waals surface area contributed by atoms with Gasteiger partial charge in [-0.1, -0.05) is 43.6 Å². The molecular weight excluding hydrogens is 226 g/mol. The molecule has 0 heterocycles. The minimum Gasteiger partial charge on any atom is -0.314 e. The van der Waals surface area contributed by atoms with Crippen LogP contribution in [0.3, 0.4) is 0 Å². The molecule has 0 aliphatic carbocycles. The molecule has 15 heavy (non-hydrogen) atoms. The van der Waals surface area contributed by atoms with Gasteiger partial charge in [0.1, 0.15) is 0 Å². The van der Waals surface area contributed by atoms with E-state index in [-0.39, 0.29) is 0 Å². The van der Waals surface area contributed by atoms with Gasteiger partial charge in [0.2, 0.25) is 0 Å². The van der Waals surface area contributed by atoms with Crippen LogP contribution >= 0.6 is 23.4 Å². The minimum absolute atomic E-state index is 0.575. The van der Waals surface area contributed by atoms with Gasteiger partial charge in [-0.2, -0.15) is 11.8 Å². The molecule has 0 aliphatic rings. The maximum atomic E-state index is 6.06. The van der Waals surface area contributed by atoms with Gasteiger partial charge in [-0.05, 0) is 11.6 Å². The summed E-state index contributed by atoms with van der Waals surface area (Å²) in [6, 6.07) is 8.62. The van der Waals surface area contributed by atoms with Gasteiger partial charge < -0.3 is 5.32 Å². The van der Waals surface area contributed by atoms with Gasteiger partial charge in [-0.15, -0.1) is 0 Å². The van der Waals surface area contributed by atoms with Crippen molar-refractivity contribution in [3.8, 4) is 0 Å². The Balaban J connectivity index is 2.18. The van der Waals surface area contributed by atoms with E-state index in [1.807, 2.05) is 30.0 Å². The standard InChI is InChI=1S/C12H18ClNS/c1-10(2)14-7-8-15-9-11-5-3-4-6-12(11)13/h3-6,10,14H,7-9H2,1-2H3. The van der Waals surface area contributed by atoms with Crippen molar-refractivity contribution in [3.63, 3.8) is 0 Å². The van der Waals surface area contributed by atoms with Gasteiger partial charge in [0.05, 0.1) is 0 Å². The molecule has 0 aromatic heterocycles. The SMILES string of the molecule is CC(C)NCCSCc1ccccc1Cl. The lowest BCUT2D eigenvalue weighted by Gasteiger charge is -2.07. The molecule has 0 aliphatic heterocycles. The van der Waals surface area contributed by atoms with E-state index in [1.165, 1.54) is 5.56 Å². The van der Waals surface area contributed by atoms with Gasteiger partial charge in [-0.3, -0.25) is 0 Å². The molecule has 0 unspecified atom stereocenters. The quantitative estimate of drug-likeness (QED) is 0.767. The minimum atomic E-state index is 0.575. The van der Waals surface area contributed by atoms with Crippen LogP contribution in [0.2, 0.25) is 5.02 Å². The molecule has 0 atom stereocenters. The Kier molecular flexibility index (Phi) is 6.15. The first-order valence-electron chi connectivity index (χ1n) is 5.24. The average Bonchev–Trinajstić information content (AvgIpc) is 2.20. The molecule has 0 saturated heterocycles. The van der Waals surface area contributed by atoms with Crippen LogP contribution in [0.5, 0.6) is 0 Å². The maximum Gasteiger partial charge on any atom is 0.0446 e. The van der Waals surface area contributed by atoms with Crippen molar-refractivity contribution in [2.75, 3.05) is 12.3 Å². The number of nitrogens with one attached hydrogen (secondary N) is 1. The number of benzene rings is 1. The summed E-state index contributed by atoms with van der Waals surface area (Å²) in [4.78, 5) is 0. The Labute approximate surface area is 102 Å². The molecule has 0 spiro atoms. The molecule has 3 heteroatoms. The summed E-state index contributed by atoms with van der Waals surface area (Å²) in [6.45, 7) is 5.39. The van der Waals surface area contributed by atoms with E-state index in [1.54, 1.807) is 0 Å². The molecule has 0 amide bonds. The predicted molar refractivity (Wildman–Crippen MR) is 70.8 cm³/mol. The fraction of sp³-hybridized carbons (Fsp3) is 0.500. The van der Waals surface area contributed by atoms with Crippen molar-refractivity contribution >= 4 is 23.4 Å². The van der Waals surface area contributed by atoms with E-state index < -0.39 is 0 Å². The Morgan fingerprint density at radius 1 is 1.33 bits per heavy atom. The average molecular weight is 244 g/mol. The molecule has 1 N–H and O–H groups in total. The van der Waals surface area contributed by atoms with Crippen molar-refractivity contribution in [1.29, 1.82) is 0 Å². The fourth-order valence-corrected chi connectivity index (χ4v) is 2.38. The second-order valence-corrected chi connectivity index (χ2v) is 5.27. The lowest BCUT2D eigenvalue weighted by molar-refractivity contribution is 0.616. The number of halogens is 1. The Morgan fingerprint density at radius 3 is 2.73 bits per heavy atom. The first-order valence-corrected chi connectivity index (χ1v) is 6.78. The summed E-state index contributed by atoms with van der Waals surface area (Å²) < 4.78 is 0. The number of thioether (sulfide) groups is 1. The number of rotatable bonds is 6. The second kappa shape index (κ2) is 7.15. The number of hydrogen-bond acceptors (Lipinski definition) is 2. The van der Waals surface area contributed by atoms with E-state index in [2.05, 4.69) is 25.2 Å². The highest BCUT2D eigenvalue weighted by Crippen LogP contribution is 2.20. The fourth-order valence-electron chi connectivity index (χ4n) is 1.22. The highest BCUT2D eigenvalue weighted by molar-refractivity contribution is 7.98. The van der Waals surface area contributed by atoms with E-state index >= 15 is 0 Å². The lowest BCUT2D eigenvalue weighted by Crippen LogP contribution is -2.24. The maximum absolute atomic E-state index is 6.06. The van der Waals surface area contributed by atoms with Gasteiger partial charge in [0.15, 0.2) is 0 Å². The zero-order valence-electron chi connectivity index (χ0n) is 9.29. The van der Waals surface area contributed by atoms with Crippen LogP contribution < -0.4 is 5.32 Å². The third-order valence-electron chi connectivity index (χ3n) is 2.01. The third-order valence-corrected chi connectivity index (χ3v) is 3.39. The van der Waals surface area contributed by atoms with E-state index in [0.717, 1.165) is 23.1 Å². The summed E-state index contributed by atoms with van der Waals surface area (Å²) in [5.41, 5.74) is 1.23. The first kappa shape index (κ1) is 12.9. The van der Waals surface area contributed by atoms with Crippen LogP contribution in [0, 0.1) is 0 Å². The van der Waals surface area contributed by atoms with Crippen LogP contribution in [0.15, 0.2) is 24.3 Å². The summed E-state index contributed by atoms with van der Waals surface area (Å²) >= 11 is 7.97. The largest absolute Gasteiger partial charge is 0.314 e. The smallest absolute Gasteiger partial charge is 0.0446 e. The van der Waals surface area contributed by atoms with Crippen molar-refractivity contribution in [1.82, 2.24) is 5.32 Å². The molecule has 0 radical (unpaired) electrons. The Morgan fingerprint density at radius 2 is 2.07 bits per heavy atom. The van der Waals surface area contributed by atoms with Crippen molar-refractivity contribution in [2.24, 2.45) is 0 Å². The van der Waals surface area contributed by atoms with Crippen molar-refractivity contribution < 1.29 is 0 Å². The summed E-state index contributed by atoms with van der Waals surface area (Å²) in [6.07, 6.45) is 0. The molecule has 1 nitrogen and oxygen atoms in total. The summed E-state index contributed by atoms with van der Waals surface area (Å²) in [5.74, 6) is 2.13. The molecular formula is C12H18ClNS. The Hall–Kier alpha value is -0.180. The Bertz CT molecular complexity index is 289. The molecule has 0 saturated carbocycles.